The number of alkyl halides is 3. The van der Waals surface area contributed by atoms with Gasteiger partial charge < -0.3 is 10.1 Å². The predicted octanol–water partition coefficient (Wildman–Crippen LogP) is 2.94. The zero-order valence-corrected chi connectivity index (χ0v) is 11.9. The van der Waals surface area contributed by atoms with Crippen LogP contribution in [0.25, 0.3) is 0 Å². The van der Waals surface area contributed by atoms with E-state index in [1.807, 2.05) is 13.0 Å². The van der Waals surface area contributed by atoms with Crippen LogP contribution in [0.1, 0.15) is 23.0 Å². The Balaban J connectivity index is 2.35. The van der Waals surface area contributed by atoms with Crippen LogP contribution in [0.3, 0.4) is 0 Å². The summed E-state index contributed by atoms with van der Waals surface area (Å²) in [6.07, 6.45) is -4.70. The van der Waals surface area contributed by atoms with Crippen molar-refractivity contribution in [2.24, 2.45) is 7.05 Å². The zero-order valence-electron chi connectivity index (χ0n) is 11.9. The molecular weight excluding hydrogens is 283 g/mol. The lowest BCUT2D eigenvalue weighted by molar-refractivity contribution is -0.274. The third-order valence-electron chi connectivity index (χ3n) is 3.05. The summed E-state index contributed by atoms with van der Waals surface area (Å²) >= 11 is 0. The van der Waals surface area contributed by atoms with Crippen LogP contribution < -0.4 is 10.1 Å². The fraction of sp³-hybridized carbons (Fsp3) is 0.357. The molecule has 4 nitrogen and oxygen atoms in total. The number of hydrogen-bond donors (Lipinski definition) is 1. The third kappa shape index (κ3) is 3.75. The van der Waals surface area contributed by atoms with E-state index in [1.54, 1.807) is 24.8 Å². The van der Waals surface area contributed by atoms with Crippen LogP contribution in [-0.4, -0.2) is 23.2 Å². The molecule has 1 atom stereocenters. The van der Waals surface area contributed by atoms with Crippen molar-refractivity contribution < 1.29 is 17.9 Å². The summed E-state index contributed by atoms with van der Waals surface area (Å²) in [5.74, 6) is -0.237. The minimum atomic E-state index is -4.70. The summed E-state index contributed by atoms with van der Waals surface area (Å²) in [5, 5.41) is 7.33. The lowest BCUT2D eigenvalue weighted by atomic mass is 10.0. The summed E-state index contributed by atoms with van der Waals surface area (Å²) < 4.78 is 42.5. The molecule has 1 unspecified atom stereocenters. The normalized spacial score (nSPS) is 13.2. The molecule has 0 spiro atoms. The maximum atomic E-state index is 12.3. The van der Waals surface area contributed by atoms with E-state index in [2.05, 4.69) is 15.2 Å². The summed E-state index contributed by atoms with van der Waals surface area (Å²) in [7, 11) is 3.53. The molecule has 0 aliphatic carbocycles. The van der Waals surface area contributed by atoms with Gasteiger partial charge in [-0.1, -0.05) is 12.1 Å². The number of aryl methyl sites for hydroxylation is 2. The minimum absolute atomic E-state index is 0.237. The second kappa shape index (κ2) is 5.77. The molecule has 1 aromatic carbocycles. The fourth-order valence-electron chi connectivity index (χ4n) is 2.28. The van der Waals surface area contributed by atoms with E-state index in [9.17, 15) is 13.2 Å². The van der Waals surface area contributed by atoms with E-state index in [4.69, 9.17) is 0 Å². The number of rotatable bonds is 4. The van der Waals surface area contributed by atoms with E-state index >= 15 is 0 Å². The fourth-order valence-corrected chi connectivity index (χ4v) is 2.28. The summed E-state index contributed by atoms with van der Waals surface area (Å²) in [4.78, 5) is 0. The number of hydrogen-bond acceptors (Lipinski definition) is 3. The van der Waals surface area contributed by atoms with Gasteiger partial charge in [-0.25, -0.2) is 0 Å². The lowest BCUT2D eigenvalue weighted by Crippen LogP contribution is -2.21. The highest BCUT2D eigenvalue weighted by atomic mass is 19.4. The highest BCUT2D eigenvalue weighted by Crippen LogP contribution is 2.28. The van der Waals surface area contributed by atoms with Gasteiger partial charge in [0.05, 0.1) is 17.4 Å². The first-order valence-electron chi connectivity index (χ1n) is 6.33. The molecule has 1 aromatic heterocycles. The lowest BCUT2D eigenvalue weighted by Gasteiger charge is -2.18. The second-order valence-electron chi connectivity index (χ2n) is 4.68. The van der Waals surface area contributed by atoms with Gasteiger partial charge in [0, 0.05) is 7.05 Å². The third-order valence-corrected chi connectivity index (χ3v) is 3.05. The van der Waals surface area contributed by atoms with E-state index in [0.29, 0.717) is 5.56 Å². The Labute approximate surface area is 120 Å². The van der Waals surface area contributed by atoms with Crippen molar-refractivity contribution >= 4 is 0 Å². The van der Waals surface area contributed by atoms with Crippen LogP contribution in [0.5, 0.6) is 5.75 Å². The molecule has 1 N–H and O–H groups in total. The molecular formula is C14H16F3N3O. The van der Waals surface area contributed by atoms with E-state index < -0.39 is 6.36 Å². The molecule has 2 rings (SSSR count). The SMILES string of the molecule is CNC(c1cccc(OC(F)(F)F)c1)c1cc(C)nn1C. The van der Waals surface area contributed by atoms with Crippen molar-refractivity contribution in [2.45, 2.75) is 19.3 Å². The van der Waals surface area contributed by atoms with Gasteiger partial charge in [-0.3, -0.25) is 4.68 Å². The van der Waals surface area contributed by atoms with Crippen molar-refractivity contribution in [1.29, 1.82) is 0 Å². The van der Waals surface area contributed by atoms with Gasteiger partial charge >= 0.3 is 6.36 Å². The van der Waals surface area contributed by atoms with Gasteiger partial charge in [0.25, 0.3) is 0 Å². The zero-order chi connectivity index (χ0) is 15.6. The van der Waals surface area contributed by atoms with Crippen molar-refractivity contribution in [3.8, 4) is 5.75 Å². The molecule has 0 amide bonds. The number of halogens is 3. The molecule has 0 aliphatic rings. The maximum Gasteiger partial charge on any atom is 0.573 e. The highest BCUT2D eigenvalue weighted by Gasteiger charge is 2.31. The Kier molecular flexibility index (Phi) is 4.22. The monoisotopic (exact) mass is 299 g/mol. The van der Waals surface area contributed by atoms with Gasteiger partial charge in [-0.15, -0.1) is 13.2 Å². The Morgan fingerprint density at radius 3 is 2.52 bits per heavy atom. The van der Waals surface area contributed by atoms with Crippen LogP contribution >= 0.6 is 0 Å². The second-order valence-corrected chi connectivity index (χ2v) is 4.68. The predicted molar refractivity (Wildman–Crippen MR) is 72.0 cm³/mol. The van der Waals surface area contributed by atoms with Crippen LogP contribution in [0.15, 0.2) is 30.3 Å². The Hall–Kier alpha value is -2.02. The van der Waals surface area contributed by atoms with Crippen molar-refractivity contribution in [1.82, 2.24) is 15.1 Å². The average molecular weight is 299 g/mol. The molecule has 0 saturated heterocycles. The van der Waals surface area contributed by atoms with E-state index in [0.717, 1.165) is 11.4 Å². The quantitative estimate of drug-likeness (QED) is 0.943. The Bertz CT molecular complexity index is 622. The average Bonchev–Trinajstić information content (AvgIpc) is 2.68. The number of benzene rings is 1. The van der Waals surface area contributed by atoms with Gasteiger partial charge in [-0.2, -0.15) is 5.10 Å². The van der Waals surface area contributed by atoms with Crippen molar-refractivity contribution in [2.75, 3.05) is 7.05 Å². The van der Waals surface area contributed by atoms with Crippen molar-refractivity contribution in [3.05, 3.63) is 47.3 Å². The number of nitrogens with one attached hydrogen (secondary N) is 1. The molecule has 0 radical (unpaired) electrons. The van der Waals surface area contributed by atoms with Gasteiger partial charge in [0.2, 0.25) is 0 Å². The number of aromatic nitrogens is 2. The molecule has 7 heteroatoms. The van der Waals surface area contributed by atoms with E-state index in [-0.39, 0.29) is 11.8 Å². The Morgan fingerprint density at radius 2 is 2.00 bits per heavy atom. The Morgan fingerprint density at radius 1 is 1.29 bits per heavy atom. The van der Waals surface area contributed by atoms with Crippen LogP contribution in [0.2, 0.25) is 0 Å². The number of ether oxygens (including phenoxy) is 1. The summed E-state index contributed by atoms with van der Waals surface area (Å²) in [6.45, 7) is 1.86. The smallest absolute Gasteiger partial charge is 0.406 e. The molecule has 0 aliphatic heterocycles. The summed E-state index contributed by atoms with van der Waals surface area (Å²) in [5.41, 5.74) is 2.37. The van der Waals surface area contributed by atoms with E-state index in [1.165, 1.54) is 18.2 Å². The highest BCUT2D eigenvalue weighted by molar-refractivity contribution is 5.35. The van der Waals surface area contributed by atoms with Gasteiger partial charge in [-0.05, 0) is 37.7 Å². The van der Waals surface area contributed by atoms with Crippen LogP contribution in [0.4, 0.5) is 13.2 Å². The topological polar surface area (TPSA) is 39.1 Å². The molecule has 0 saturated carbocycles. The first-order valence-corrected chi connectivity index (χ1v) is 6.33. The molecule has 0 fully saturated rings. The standard InChI is InChI=1S/C14H16F3N3O/c1-9-7-12(20(3)19-9)13(18-2)10-5-4-6-11(8-10)21-14(15,16)17/h4-8,13,18H,1-3H3. The van der Waals surface area contributed by atoms with Gasteiger partial charge in [0.1, 0.15) is 5.75 Å². The molecule has 0 bridgehead atoms. The minimum Gasteiger partial charge on any atom is -0.406 e. The van der Waals surface area contributed by atoms with Crippen molar-refractivity contribution in [3.63, 3.8) is 0 Å². The van der Waals surface area contributed by atoms with Crippen LogP contribution in [-0.2, 0) is 7.05 Å². The largest absolute Gasteiger partial charge is 0.573 e. The number of nitrogens with zero attached hydrogens (tertiary/aromatic N) is 2. The summed E-state index contributed by atoms with van der Waals surface area (Å²) in [6, 6.07) is 7.54. The molecule has 21 heavy (non-hydrogen) atoms. The molecule has 114 valence electrons. The van der Waals surface area contributed by atoms with Gasteiger partial charge in [0.15, 0.2) is 0 Å². The maximum absolute atomic E-state index is 12.3. The molecule has 2 aromatic rings. The molecule has 1 heterocycles. The first-order chi connectivity index (χ1) is 9.80. The first kappa shape index (κ1) is 15.4. The van der Waals surface area contributed by atoms with Crippen LogP contribution in [0, 0.1) is 6.92 Å².